The van der Waals surface area contributed by atoms with Gasteiger partial charge in [0, 0.05) is 11.6 Å². The van der Waals surface area contributed by atoms with Crippen molar-refractivity contribution in [3.05, 3.63) is 34.9 Å². The van der Waals surface area contributed by atoms with Crippen LogP contribution in [0.15, 0.2) is 23.4 Å². The van der Waals surface area contributed by atoms with Gasteiger partial charge in [-0.1, -0.05) is 23.4 Å². The molecular formula is C12H17N3O. The van der Waals surface area contributed by atoms with Gasteiger partial charge in [0.1, 0.15) is 0 Å². The summed E-state index contributed by atoms with van der Waals surface area (Å²) in [7, 11) is 4.16. The predicted molar refractivity (Wildman–Crippen MR) is 63.7 cm³/mol. The zero-order chi connectivity index (χ0) is 11.7. The number of benzene rings is 1. The van der Waals surface area contributed by atoms with E-state index in [4.69, 9.17) is 10.9 Å². The van der Waals surface area contributed by atoms with Crippen LogP contribution in [-0.2, 0) is 6.42 Å². The van der Waals surface area contributed by atoms with E-state index in [1.807, 2.05) is 12.1 Å². The number of nitrogens with zero attached hydrogens (tertiary/aromatic N) is 2. The lowest BCUT2D eigenvalue weighted by atomic mass is 10.0. The van der Waals surface area contributed by atoms with E-state index < -0.39 is 0 Å². The third kappa shape index (κ3) is 1.65. The molecule has 4 heteroatoms. The number of hydrogen-bond acceptors (Lipinski definition) is 3. The zero-order valence-corrected chi connectivity index (χ0v) is 9.64. The average Bonchev–Trinajstić information content (AvgIpc) is 2.71. The van der Waals surface area contributed by atoms with Gasteiger partial charge in [-0.2, -0.15) is 0 Å². The summed E-state index contributed by atoms with van der Waals surface area (Å²) in [5.74, 6) is 0.205. The van der Waals surface area contributed by atoms with Crippen LogP contribution in [-0.4, -0.2) is 30.0 Å². The normalized spacial score (nSPS) is 20.2. The smallest absolute Gasteiger partial charge is 0.170 e. The molecule has 1 aliphatic carbocycles. The molecule has 0 bridgehead atoms. The minimum atomic E-state index is 0.205. The van der Waals surface area contributed by atoms with Crippen molar-refractivity contribution in [3.63, 3.8) is 0 Å². The van der Waals surface area contributed by atoms with E-state index in [2.05, 4.69) is 30.2 Å². The number of oxime groups is 1. The van der Waals surface area contributed by atoms with E-state index in [1.165, 1.54) is 11.1 Å². The van der Waals surface area contributed by atoms with Gasteiger partial charge in [0.05, 0.1) is 0 Å². The second-order valence-corrected chi connectivity index (χ2v) is 4.38. The minimum Gasteiger partial charge on any atom is -0.409 e. The third-order valence-corrected chi connectivity index (χ3v) is 3.25. The van der Waals surface area contributed by atoms with Crippen molar-refractivity contribution in [1.82, 2.24) is 4.90 Å². The van der Waals surface area contributed by atoms with E-state index in [0.29, 0.717) is 6.04 Å². The first-order valence-electron chi connectivity index (χ1n) is 5.41. The molecule has 0 radical (unpaired) electrons. The van der Waals surface area contributed by atoms with E-state index in [-0.39, 0.29) is 5.84 Å². The van der Waals surface area contributed by atoms with Gasteiger partial charge in [0.2, 0.25) is 0 Å². The van der Waals surface area contributed by atoms with Gasteiger partial charge in [-0.3, -0.25) is 0 Å². The number of amidine groups is 1. The summed E-state index contributed by atoms with van der Waals surface area (Å²) in [6.07, 6.45) is 2.09. The number of nitrogens with two attached hydrogens (primary N) is 1. The van der Waals surface area contributed by atoms with Crippen molar-refractivity contribution in [2.45, 2.75) is 18.9 Å². The van der Waals surface area contributed by atoms with Crippen LogP contribution in [0.2, 0.25) is 0 Å². The second kappa shape index (κ2) is 4.14. The van der Waals surface area contributed by atoms with E-state index in [0.717, 1.165) is 18.4 Å². The first-order chi connectivity index (χ1) is 7.65. The van der Waals surface area contributed by atoms with Crippen molar-refractivity contribution in [2.24, 2.45) is 10.9 Å². The van der Waals surface area contributed by atoms with Gasteiger partial charge in [0.25, 0.3) is 0 Å². The molecule has 3 N–H and O–H groups in total. The van der Waals surface area contributed by atoms with Crippen LogP contribution in [0.1, 0.15) is 29.2 Å². The van der Waals surface area contributed by atoms with Crippen molar-refractivity contribution in [1.29, 1.82) is 0 Å². The lowest BCUT2D eigenvalue weighted by molar-refractivity contribution is 0.299. The van der Waals surface area contributed by atoms with Crippen LogP contribution in [0.4, 0.5) is 0 Å². The van der Waals surface area contributed by atoms with E-state index in [9.17, 15) is 0 Å². The topological polar surface area (TPSA) is 61.8 Å². The molecule has 0 aliphatic heterocycles. The van der Waals surface area contributed by atoms with Gasteiger partial charge in [0.15, 0.2) is 5.84 Å². The number of fused-ring (bicyclic) bond motifs is 1. The van der Waals surface area contributed by atoms with Crippen LogP contribution >= 0.6 is 0 Å². The van der Waals surface area contributed by atoms with Crippen LogP contribution in [0, 0.1) is 0 Å². The van der Waals surface area contributed by atoms with Gasteiger partial charge in [-0.05, 0) is 38.1 Å². The molecule has 1 aromatic rings. The molecule has 1 aliphatic rings. The Hall–Kier alpha value is -1.55. The van der Waals surface area contributed by atoms with Crippen molar-refractivity contribution >= 4 is 5.84 Å². The fourth-order valence-electron chi connectivity index (χ4n) is 2.46. The van der Waals surface area contributed by atoms with Crippen LogP contribution in [0.5, 0.6) is 0 Å². The van der Waals surface area contributed by atoms with Gasteiger partial charge in [-0.25, -0.2) is 0 Å². The molecule has 86 valence electrons. The van der Waals surface area contributed by atoms with Crippen molar-refractivity contribution < 1.29 is 5.21 Å². The summed E-state index contributed by atoms with van der Waals surface area (Å²) in [4.78, 5) is 2.21. The molecular weight excluding hydrogens is 202 g/mol. The summed E-state index contributed by atoms with van der Waals surface area (Å²) < 4.78 is 0. The highest BCUT2D eigenvalue weighted by atomic mass is 16.4. The Morgan fingerprint density at radius 1 is 1.50 bits per heavy atom. The summed E-state index contributed by atoms with van der Waals surface area (Å²) in [5.41, 5.74) is 9.06. The van der Waals surface area contributed by atoms with Crippen molar-refractivity contribution in [2.75, 3.05) is 14.1 Å². The first kappa shape index (κ1) is 11.0. The predicted octanol–water partition coefficient (Wildman–Crippen LogP) is 1.33. The summed E-state index contributed by atoms with van der Waals surface area (Å²) in [6.45, 7) is 0. The standard InChI is InChI=1S/C12H17N3O/c1-15(2)11-7-6-8-9(11)4-3-5-10(8)12(13)14-16/h3-5,11,16H,6-7H2,1-2H3,(H2,13,14)/t11-/m1/s1. The SMILES string of the molecule is CN(C)[C@@H]1CCc2c(/C(N)=N\O)cccc21. The molecule has 0 fully saturated rings. The molecule has 0 saturated heterocycles. The maximum absolute atomic E-state index is 8.75. The number of hydrogen-bond donors (Lipinski definition) is 2. The molecule has 0 saturated carbocycles. The molecule has 0 unspecified atom stereocenters. The summed E-state index contributed by atoms with van der Waals surface area (Å²) >= 11 is 0. The van der Waals surface area contributed by atoms with E-state index in [1.54, 1.807) is 0 Å². The summed E-state index contributed by atoms with van der Waals surface area (Å²) in [6, 6.07) is 6.45. The highest BCUT2D eigenvalue weighted by Gasteiger charge is 2.26. The highest BCUT2D eigenvalue weighted by molar-refractivity contribution is 5.98. The fraction of sp³-hybridized carbons (Fsp3) is 0.417. The summed E-state index contributed by atoms with van der Waals surface area (Å²) in [5, 5.41) is 11.8. The Morgan fingerprint density at radius 3 is 2.88 bits per heavy atom. The Morgan fingerprint density at radius 2 is 2.25 bits per heavy atom. The van der Waals surface area contributed by atoms with Gasteiger partial charge in [-0.15, -0.1) is 0 Å². The quantitative estimate of drug-likeness (QED) is 0.341. The second-order valence-electron chi connectivity index (χ2n) is 4.38. The van der Waals surface area contributed by atoms with Crippen LogP contribution < -0.4 is 5.73 Å². The fourth-order valence-corrected chi connectivity index (χ4v) is 2.46. The Kier molecular flexibility index (Phi) is 2.83. The van der Waals surface area contributed by atoms with E-state index >= 15 is 0 Å². The van der Waals surface area contributed by atoms with Crippen LogP contribution in [0.25, 0.3) is 0 Å². The molecule has 0 spiro atoms. The molecule has 1 atom stereocenters. The lowest BCUT2D eigenvalue weighted by Crippen LogP contribution is -2.18. The molecule has 4 nitrogen and oxygen atoms in total. The van der Waals surface area contributed by atoms with Crippen molar-refractivity contribution in [3.8, 4) is 0 Å². The average molecular weight is 219 g/mol. The van der Waals surface area contributed by atoms with Gasteiger partial charge >= 0.3 is 0 Å². The number of rotatable bonds is 2. The minimum absolute atomic E-state index is 0.205. The third-order valence-electron chi connectivity index (χ3n) is 3.25. The molecule has 0 amide bonds. The first-order valence-corrected chi connectivity index (χ1v) is 5.41. The lowest BCUT2D eigenvalue weighted by Gasteiger charge is -2.20. The highest BCUT2D eigenvalue weighted by Crippen LogP contribution is 2.35. The molecule has 0 heterocycles. The molecule has 2 rings (SSSR count). The molecule has 1 aromatic carbocycles. The zero-order valence-electron chi connectivity index (χ0n) is 9.64. The maximum Gasteiger partial charge on any atom is 0.170 e. The van der Waals surface area contributed by atoms with Gasteiger partial charge < -0.3 is 15.8 Å². The Balaban J connectivity index is 2.48. The largest absolute Gasteiger partial charge is 0.409 e. The molecule has 0 aromatic heterocycles. The maximum atomic E-state index is 8.75. The Labute approximate surface area is 95.4 Å². The Bertz CT molecular complexity index is 426. The van der Waals surface area contributed by atoms with Crippen LogP contribution in [0.3, 0.4) is 0 Å². The monoisotopic (exact) mass is 219 g/mol. The molecule has 16 heavy (non-hydrogen) atoms.